The van der Waals surface area contributed by atoms with E-state index in [4.69, 9.17) is 0 Å². The van der Waals surface area contributed by atoms with Crippen LogP contribution in [0.5, 0.6) is 0 Å². The normalized spacial score (nSPS) is 22.6. The van der Waals surface area contributed by atoms with E-state index in [1.54, 1.807) is 16.4 Å². The van der Waals surface area contributed by atoms with Gasteiger partial charge in [0.1, 0.15) is 0 Å². The van der Waals surface area contributed by atoms with Crippen LogP contribution in [0.1, 0.15) is 6.92 Å². The topological polar surface area (TPSA) is 40.6 Å². The highest BCUT2D eigenvalue weighted by Gasteiger charge is 2.32. The highest BCUT2D eigenvalue weighted by Crippen LogP contribution is 2.29. The lowest BCUT2D eigenvalue weighted by atomic mass is 10.2. The molecule has 0 aliphatic carbocycles. The summed E-state index contributed by atoms with van der Waals surface area (Å²) in [4.78, 5) is 2.49. The van der Waals surface area contributed by atoms with Crippen LogP contribution in [0.3, 0.4) is 0 Å². The van der Waals surface area contributed by atoms with Gasteiger partial charge in [0.2, 0.25) is 10.0 Å². The molecule has 0 amide bonds. The van der Waals surface area contributed by atoms with E-state index < -0.39 is 10.0 Å². The molecule has 1 saturated heterocycles. The van der Waals surface area contributed by atoms with Gasteiger partial charge in [-0.1, -0.05) is 15.9 Å². The third kappa shape index (κ3) is 3.21. The highest BCUT2D eigenvalue weighted by atomic mass is 79.9. The lowest BCUT2D eigenvalue weighted by Gasteiger charge is -2.36. The zero-order valence-corrected chi connectivity index (χ0v) is 14.8. The summed E-state index contributed by atoms with van der Waals surface area (Å²) in [6, 6.07) is 5.43. The largest absolute Gasteiger partial charge is 0.301 e. The summed E-state index contributed by atoms with van der Waals surface area (Å²) < 4.78 is 28.3. The van der Waals surface area contributed by atoms with E-state index >= 15 is 0 Å². The zero-order chi connectivity index (χ0) is 14.2. The monoisotopic (exact) mass is 410 g/mol. The van der Waals surface area contributed by atoms with Crippen LogP contribution in [-0.4, -0.2) is 50.3 Å². The highest BCUT2D eigenvalue weighted by molar-refractivity contribution is 9.11. The number of rotatable bonds is 2. The van der Waals surface area contributed by atoms with Gasteiger partial charge in [-0.15, -0.1) is 0 Å². The lowest BCUT2D eigenvalue weighted by Crippen LogP contribution is -2.51. The van der Waals surface area contributed by atoms with Gasteiger partial charge < -0.3 is 4.90 Å². The molecule has 1 aromatic rings. The molecule has 1 aliphatic heterocycles. The van der Waals surface area contributed by atoms with E-state index in [1.807, 2.05) is 20.0 Å². The van der Waals surface area contributed by atoms with E-state index in [9.17, 15) is 8.42 Å². The molecule has 19 heavy (non-hydrogen) atoms. The van der Waals surface area contributed by atoms with Crippen molar-refractivity contribution in [3.63, 3.8) is 0 Å². The van der Waals surface area contributed by atoms with E-state index in [0.29, 0.717) is 22.5 Å². The minimum absolute atomic E-state index is 0.231. The number of piperazine rings is 1. The fourth-order valence-electron chi connectivity index (χ4n) is 2.05. The van der Waals surface area contributed by atoms with Gasteiger partial charge in [-0.2, -0.15) is 4.31 Å². The number of nitrogens with zero attached hydrogens (tertiary/aromatic N) is 2. The molecule has 1 fully saturated rings. The van der Waals surface area contributed by atoms with Crippen molar-refractivity contribution in [3.05, 3.63) is 27.1 Å². The minimum Gasteiger partial charge on any atom is -0.301 e. The van der Waals surface area contributed by atoms with Gasteiger partial charge in [-0.25, -0.2) is 8.42 Å². The third-order valence-electron chi connectivity index (χ3n) is 3.43. The van der Waals surface area contributed by atoms with Crippen molar-refractivity contribution < 1.29 is 8.42 Å². The molecule has 4 nitrogen and oxygen atoms in total. The Balaban J connectivity index is 2.35. The van der Waals surface area contributed by atoms with Crippen LogP contribution in [0.2, 0.25) is 0 Å². The van der Waals surface area contributed by atoms with Crippen molar-refractivity contribution in [1.29, 1.82) is 0 Å². The SMILES string of the molecule is CC1CN(S(=O)(=O)c2cc(Br)ccc2Br)CCN1C. The second kappa shape index (κ2) is 5.81. The molecule has 0 saturated carbocycles. The van der Waals surface area contributed by atoms with Crippen LogP contribution in [0.15, 0.2) is 32.0 Å². The maximum Gasteiger partial charge on any atom is 0.244 e. The molecule has 0 aromatic heterocycles. The fraction of sp³-hybridized carbons (Fsp3) is 0.500. The molecule has 1 atom stereocenters. The first-order valence-electron chi connectivity index (χ1n) is 5.98. The Kier molecular flexibility index (Phi) is 4.72. The second-order valence-electron chi connectivity index (χ2n) is 4.77. The average Bonchev–Trinajstić information content (AvgIpc) is 2.35. The molecule has 2 rings (SSSR count). The Morgan fingerprint density at radius 2 is 1.95 bits per heavy atom. The summed E-state index contributed by atoms with van der Waals surface area (Å²) in [5.74, 6) is 0. The Morgan fingerprint density at radius 3 is 2.58 bits per heavy atom. The van der Waals surface area contributed by atoms with E-state index in [-0.39, 0.29) is 6.04 Å². The summed E-state index contributed by atoms with van der Waals surface area (Å²) in [5.41, 5.74) is 0. The summed E-state index contributed by atoms with van der Waals surface area (Å²) in [6.45, 7) is 3.85. The first-order valence-corrected chi connectivity index (χ1v) is 9.00. The lowest BCUT2D eigenvalue weighted by molar-refractivity contribution is 0.159. The van der Waals surface area contributed by atoms with Crippen molar-refractivity contribution in [2.75, 3.05) is 26.7 Å². The number of hydrogen-bond donors (Lipinski definition) is 0. The summed E-state index contributed by atoms with van der Waals surface area (Å²) >= 11 is 6.64. The maximum absolute atomic E-state index is 12.7. The van der Waals surface area contributed by atoms with Crippen LogP contribution >= 0.6 is 31.9 Å². The molecule has 0 spiro atoms. The quantitative estimate of drug-likeness (QED) is 0.750. The smallest absolute Gasteiger partial charge is 0.244 e. The number of sulfonamides is 1. The molecular weight excluding hydrogens is 396 g/mol. The first-order chi connectivity index (χ1) is 8.82. The van der Waals surface area contributed by atoms with Gasteiger partial charge in [0.05, 0.1) is 4.90 Å². The molecule has 0 radical (unpaired) electrons. The molecule has 1 aromatic carbocycles. The van der Waals surface area contributed by atoms with Crippen molar-refractivity contribution in [2.45, 2.75) is 17.9 Å². The Bertz CT molecular complexity index is 577. The first kappa shape index (κ1) is 15.4. The van der Waals surface area contributed by atoms with Crippen LogP contribution in [0.4, 0.5) is 0 Å². The molecule has 0 bridgehead atoms. The number of benzene rings is 1. The fourth-order valence-corrected chi connectivity index (χ4v) is 5.02. The number of hydrogen-bond acceptors (Lipinski definition) is 3. The summed E-state index contributed by atoms with van der Waals surface area (Å²) in [6.07, 6.45) is 0. The zero-order valence-electron chi connectivity index (χ0n) is 10.8. The van der Waals surface area contributed by atoms with Gasteiger partial charge in [0, 0.05) is 34.6 Å². The van der Waals surface area contributed by atoms with E-state index in [1.165, 1.54) is 0 Å². The Labute approximate surface area is 131 Å². The van der Waals surface area contributed by atoms with Crippen molar-refractivity contribution >= 4 is 41.9 Å². The average molecular weight is 412 g/mol. The number of halogens is 2. The second-order valence-corrected chi connectivity index (χ2v) is 8.44. The predicted molar refractivity (Wildman–Crippen MR) is 82.7 cm³/mol. The van der Waals surface area contributed by atoms with Crippen LogP contribution in [-0.2, 0) is 10.0 Å². The predicted octanol–water partition coefficient (Wildman–Crippen LogP) is 2.54. The van der Waals surface area contributed by atoms with E-state index in [2.05, 4.69) is 36.8 Å². The van der Waals surface area contributed by atoms with Crippen molar-refractivity contribution in [3.8, 4) is 0 Å². The molecule has 1 aliphatic rings. The molecule has 0 N–H and O–H groups in total. The van der Waals surface area contributed by atoms with Gasteiger partial charge in [-0.3, -0.25) is 0 Å². The Morgan fingerprint density at radius 1 is 1.26 bits per heavy atom. The maximum atomic E-state index is 12.7. The standard InChI is InChI=1S/C12H16Br2N2O2S/c1-9-8-16(6-5-15(9)2)19(17,18)12-7-10(13)3-4-11(12)14/h3-4,7,9H,5-6,8H2,1-2H3. The van der Waals surface area contributed by atoms with Gasteiger partial charge in [0.15, 0.2) is 0 Å². The van der Waals surface area contributed by atoms with Crippen LogP contribution in [0, 0.1) is 0 Å². The van der Waals surface area contributed by atoms with Gasteiger partial charge in [-0.05, 0) is 48.1 Å². The Hall–Kier alpha value is 0.0500. The number of likely N-dealkylation sites (N-methyl/N-ethyl adjacent to an activating group) is 1. The summed E-state index contributed by atoms with van der Waals surface area (Å²) in [7, 11) is -1.42. The van der Waals surface area contributed by atoms with Gasteiger partial charge >= 0.3 is 0 Å². The van der Waals surface area contributed by atoms with Crippen molar-refractivity contribution in [1.82, 2.24) is 9.21 Å². The van der Waals surface area contributed by atoms with Crippen molar-refractivity contribution in [2.24, 2.45) is 0 Å². The third-order valence-corrected chi connectivity index (χ3v) is 6.79. The van der Waals surface area contributed by atoms with E-state index in [0.717, 1.165) is 11.0 Å². The van der Waals surface area contributed by atoms with Crippen LogP contribution in [0.25, 0.3) is 0 Å². The summed E-state index contributed by atoms with van der Waals surface area (Å²) in [5, 5.41) is 0. The van der Waals surface area contributed by atoms with Gasteiger partial charge in [0.25, 0.3) is 0 Å². The molecule has 7 heteroatoms. The molecule has 106 valence electrons. The molecular formula is C12H16Br2N2O2S. The molecule has 1 unspecified atom stereocenters. The molecule has 1 heterocycles. The minimum atomic E-state index is -3.44. The van der Waals surface area contributed by atoms with Crippen LogP contribution < -0.4 is 0 Å².